The van der Waals surface area contributed by atoms with Gasteiger partial charge < -0.3 is 5.32 Å². The largest absolute Gasteiger partial charge is 0.353 e. The fraction of sp³-hybridized carbons (Fsp3) is 0. The van der Waals surface area contributed by atoms with Crippen molar-refractivity contribution in [3.63, 3.8) is 0 Å². The summed E-state index contributed by atoms with van der Waals surface area (Å²) < 4.78 is 0. The maximum Gasteiger partial charge on any atom is 0.285 e. The Morgan fingerprint density at radius 1 is 1.19 bits per heavy atom. The number of rotatable bonds is 2. The Morgan fingerprint density at radius 2 is 1.88 bits per heavy atom. The number of anilines is 2. The van der Waals surface area contributed by atoms with E-state index in [1.54, 1.807) is 24.3 Å². The molecule has 0 atom stereocenters. The van der Waals surface area contributed by atoms with Crippen LogP contribution in [0.1, 0.15) is 0 Å². The van der Waals surface area contributed by atoms with Crippen molar-refractivity contribution in [2.45, 2.75) is 0 Å². The molecular weight excluding hydrogens is 249 g/mol. The molecule has 1 aromatic carbocycles. The molecule has 2 aromatic rings. The topological polar surface area (TPSA) is 57.8 Å². The molecule has 0 saturated heterocycles. The van der Waals surface area contributed by atoms with Crippen molar-refractivity contribution < 1.29 is 0 Å². The number of H-pyrrole nitrogens is 1. The van der Waals surface area contributed by atoms with Crippen LogP contribution >= 0.6 is 23.2 Å². The molecule has 0 bridgehead atoms. The third-order valence-electron chi connectivity index (χ3n) is 1.92. The van der Waals surface area contributed by atoms with E-state index >= 15 is 0 Å². The third-order valence-corrected chi connectivity index (χ3v) is 2.55. The minimum atomic E-state index is -0.430. The smallest absolute Gasteiger partial charge is 0.285 e. The predicted molar refractivity (Wildman–Crippen MR) is 64.6 cm³/mol. The second-order valence-corrected chi connectivity index (χ2v) is 3.87. The average Bonchev–Trinajstić information content (AvgIpc) is 2.28. The summed E-state index contributed by atoms with van der Waals surface area (Å²) in [6.45, 7) is 0. The minimum absolute atomic E-state index is 0.0740. The second-order valence-electron chi connectivity index (χ2n) is 3.06. The van der Waals surface area contributed by atoms with Gasteiger partial charge in [-0.05, 0) is 24.3 Å². The van der Waals surface area contributed by atoms with E-state index in [1.165, 1.54) is 6.20 Å². The number of aromatic nitrogens is 2. The van der Waals surface area contributed by atoms with Gasteiger partial charge in [0.05, 0.1) is 11.9 Å². The fourth-order valence-electron chi connectivity index (χ4n) is 1.16. The number of halogens is 2. The van der Waals surface area contributed by atoms with Crippen molar-refractivity contribution in [2.24, 2.45) is 0 Å². The maximum absolute atomic E-state index is 11.2. The Hall–Kier alpha value is -1.52. The highest BCUT2D eigenvalue weighted by atomic mass is 35.5. The van der Waals surface area contributed by atoms with Crippen molar-refractivity contribution in [3.8, 4) is 0 Å². The summed E-state index contributed by atoms with van der Waals surface area (Å²) in [4.78, 5) is 11.2. The van der Waals surface area contributed by atoms with Crippen molar-refractivity contribution >= 4 is 34.6 Å². The number of aromatic amines is 1. The number of hydrogen-bond acceptors (Lipinski definition) is 3. The summed E-state index contributed by atoms with van der Waals surface area (Å²) in [7, 11) is 0. The standard InChI is InChI=1S/C10H7Cl2N3O/c11-6-1-3-7(4-2-6)14-8-5-13-15-10(16)9(8)12/h1-5H,(H2,14,15,16). The molecule has 2 rings (SSSR count). The Labute approximate surface area is 101 Å². The lowest BCUT2D eigenvalue weighted by molar-refractivity contribution is 0.991. The quantitative estimate of drug-likeness (QED) is 0.868. The van der Waals surface area contributed by atoms with Crippen LogP contribution in [0.5, 0.6) is 0 Å². The van der Waals surface area contributed by atoms with Crippen LogP contribution in [0.25, 0.3) is 0 Å². The highest BCUT2D eigenvalue weighted by Gasteiger charge is 2.04. The van der Waals surface area contributed by atoms with Crippen molar-refractivity contribution in [3.05, 3.63) is 50.9 Å². The molecule has 1 heterocycles. The first-order chi connectivity index (χ1) is 7.66. The molecule has 0 saturated carbocycles. The number of nitrogens with zero attached hydrogens (tertiary/aromatic N) is 1. The van der Waals surface area contributed by atoms with Crippen LogP contribution in [0.2, 0.25) is 10.0 Å². The van der Waals surface area contributed by atoms with Gasteiger partial charge in [-0.2, -0.15) is 5.10 Å². The average molecular weight is 256 g/mol. The summed E-state index contributed by atoms with van der Waals surface area (Å²) in [5, 5.41) is 9.57. The van der Waals surface area contributed by atoms with Gasteiger partial charge in [-0.25, -0.2) is 5.10 Å². The van der Waals surface area contributed by atoms with Gasteiger partial charge in [0.1, 0.15) is 5.02 Å². The van der Waals surface area contributed by atoms with E-state index in [9.17, 15) is 4.79 Å². The molecular formula is C10H7Cl2N3O. The van der Waals surface area contributed by atoms with E-state index < -0.39 is 5.56 Å². The Kier molecular flexibility index (Phi) is 3.12. The number of nitrogens with one attached hydrogen (secondary N) is 2. The summed E-state index contributed by atoms with van der Waals surface area (Å²) >= 11 is 11.6. The number of benzene rings is 1. The van der Waals surface area contributed by atoms with Crippen LogP contribution in [0.3, 0.4) is 0 Å². The molecule has 0 spiro atoms. The minimum Gasteiger partial charge on any atom is -0.353 e. The van der Waals surface area contributed by atoms with E-state index in [0.717, 1.165) is 5.69 Å². The molecule has 0 amide bonds. The SMILES string of the molecule is O=c1[nH]ncc(Nc2ccc(Cl)cc2)c1Cl. The van der Waals surface area contributed by atoms with Crippen molar-refractivity contribution in [2.75, 3.05) is 5.32 Å². The van der Waals surface area contributed by atoms with E-state index in [4.69, 9.17) is 23.2 Å². The first-order valence-electron chi connectivity index (χ1n) is 4.42. The van der Waals surface area contributed by atoms with Gasteiger partial charge in [-0.3, -0.25) is 4.79 Å². The van der Waals surface area contributed by atoms with Gasteiger partial charge in [-0.15, -0.1) is 0 Å². The summed E-state index contributed by atoms with van der Waals surface area (Å²) in [6.07, 6.45) is 1.44. The van der Waals surface area contributed by atoms with Gasteiger partial charge in [0.15, 0.2) is 0 Å². The van der Waals surface area contributed by atoms with E-state index in [0.29, 0.717) is 10.7 Å². The monoisotopic (exact) mass is 255 g/mol. The molecule has 0 radical (unpaired) electrons. The highest BCUT2D eigenvalue weighted by molar-refractivity contribution is 6.33. The Bertz CT molecular complexity index is 551. The second kappa shape index (κ2) is 4.55. The zero-order chi connectivity index (χ0) is 11.5. The van der Waals surface area contributed by atoms with Gasteiger partial charge >= 0.3 is 0 Å². The van der Waals surface area contributed by atoms with Crippen LogP contribution in [-0.4, -0.2) is 10.2 Å². The fourth-order valence-corrected chi connectivity index (χ4v) is 1.42. The maximum atomic E-state index is 11.2. The van der Waals surface area contributed by atoms with Crippen LogP contribution in [0.15, 0.2) is 35.3 Å². The molecule has 4 nitrogen and oxygen atoms in total. The predicted octanol–water partition coefficient (Wildman–Crippen LogP) is 2.82. The number of hydrogen-bond donors (Lipinski definition) is 2. The van der Waals surface area contributed by atoms with E-state index in [1.807, 2.05) is 0 Å². The summed E-state index contributed by atoms with van der Waals surface area (Å²) in [5.74, 6) is 0. The Balaban J connectivity index is 2.30. The lowest BCUT2D eigenvalue weighted by Crippen LogP contribution is -2.10. The third kappa shape index (κ3) is 2.35. The van der Waals surface area contributed by atoms with Gasteiger partial charge in [-0.1, -0.05) is 23.2 Å². The van der Waals surface area contributed by atoms with Crippen molar-refractivity contribution in [1.29, 1.82) is 0 Å². The van der Waals surface area contributed by atoms with Gasteiger partial charge in [0, 0.05) is 10.7 Å². The van der Waals surface area contributed by atoms with Crippen LogP contribution < -0.4 is 10.9 Å². The molecule has 82 valence electrons. The van der Waals surface area contributed by atoms with E-state index in [-0.39, 0.29) is 5.02 Å². The molecule has 1 aromatic heterocycles. The molecule has 16 heavy (non-hydrogen) atoms. The lowest BCUT2D eigenvalue weighted by Gasteiger charge is -2.06. The Morgan fingerprint density at radius 3 is 2.56 bits per heavy atom. The molecule has 0 unspecified atom stereocenters. The molecule has 6 heteroatoms. The van der Waals surface area contributed by atoms with Crippen molar-refractivity contribution in [1.82, 2.24) is 10.2 Å². The van der Waals surface area contributed by atoms with Crippen LogP contribution in [0, 0.1) is 0 Å². The zero-order valence-electron chi connectivity index (χ0n) is 8.00. The molecule has 2 N–H and O–H groups in total. The van der Waals surface area contributed by atoms with Crippen LogP contribution in [-0.2, 0) is 0 Å². The van der Waals surface area contributed by atoms with Crippen LogP contribution in [0.4, 0.5) is 11.4 Å². The first kappa shape index (κ1) is 11.0. The lowest BCUT2D eigenvalue weighted by atomic mass is 10.3. The zero-order valence-corrected chi connectivity index (χ0v) is 9.51. The molecule has 0 aliphatic rings. The van der Waals surface area contributed by atoms with E-state index in [2.05, 4.69) is 15.5 Å². The first-order valence-corrected chi connectivity index (χ1v) is 5.18. The summed E-state index contributed by atoms with van der Waals surface area (Å²) in [6, 6.07) is 7.02. The molecule has 0 aliphatic heterocycles. The summed E-state index contributed by atoms with van der Waals surface area (Å²) in [5.41, 5.74) is 0.798. The normalized spacial score (nSPS) is 10.1. The molecule has 0 fully saturated rings. The molecule has 0 aliphatic carbocycles. The van der Waals surface area contributed by atoms with Gasteiger partial charge in [0.25, 0.3) is 5.56 Å². The highest BCUT2D eigenvalue weighted by Crippen LogP contribution is 2.21. The van der Waals surface area contributed by atoms with Gasteiger partial charge in [0.2, 0.25) is 0 Å².